The van der Waals surface area contributed by atoms with Crippen LogP contribution >= 0.6 is 0 Å². The maximum atomic E-state index is 12.9. The molecule has 2 fully saturated rings. The first-order valence-electron chi connectivity index (χ1n) is 13.2. The molecule has 3 aliphatic heterocycles. The Morgan fingerprint density at radius 3 is 2.69 bits per heavy atom. The van der Waals surface area contributed by atoms with Crippen LogP contribution in [0.4, 0.5) is 5.69 Å². The lowest BCUT2D eigenvalue weighted by atomic mass is 9.47. The number of rotatable bonds is 7. The number of carbonyl (C=O) groups excluding carboxylic acids is 2. The Morgan fingerprint density at radius 2 is 2.03 bits per heavy atom. The minimum atomic E-state index is -1.53. The minimum absolute atomic E-state index is 0.00791. The number of nitrogens with zero attached hydrogens (tertiary/aromatic N) is 2. The number of benzene rings is 1. The van der Waals surface area contributed by atoms with Gasteiger partial charge in [-0.1, -0.05) is 32.1 Å². The summed E-state index contributed by atoms with van der Waals surface area (Å²) >= 11 is 0. The highest BCUT2D eigenvalue weighted by Crippen LogP contribution is 2.67. The summed E-state index contributed by atoms with van der Waals surface area (Å²) in [4.78, 5) is 29.8. The van der Waals surface area contributed by atoms with Crippen LogP contribution in [-0.2, 0) is 19.7 Å². The van der Waals surface area contributed by atoms with Crippen LogP contribution in [0.5, 0.6) is 5.75 Å². The van der Waals surface area contributed by atoms with E-state index in [4.69, 9.17) is 9.47 Å². The van der Waals surface area contributed by atoms with Crippen molar-refractivity contribution >= 4 is 17.6 Å². The summed E-state index contributed by atoms with van der Waals surface area (Å²) in [5.41, 5.74) is -0.333. The summed E-state index contributed by atoms with van der Waals surface area (Å²) in [6.45, 7) is 7.19. The lowest BCUT2D eigenvalue weighted by molar-refractivity contribution is -0.217. The molecule has 1 spiro atoms. The van der Waals surface area contributed by atoms with E-state index < -0.39 is 34.5 Å². The number of ether oxygens (including phenoxy) is 2. The third-order valence-electron chi connectivity index (χ3n) is 9.26. The molecule has 0 bridgehead atoms. The molecule has 6 atom stereocenters. The van der Waals surface area contributed by atoms with Crippen molar-refractivity contribution in [1.82, 2.24) is 10.2 Å². The normalized spacial score (nSPS) is 36.2. The second-order valence-corrected chi connectivity index (χ2v) is 11.0. The van der Waals surface area contributed by atoms with Crippen molar-refractivity contribution in [3.05, 3.63) is 35.9 Å². The Balaban J connectivity index is 1.76. The molecule has 196 valence electrons. The number of likely N-dealkylation sites (N-methyl/N-ethyl adjacent to an activating group) is 1. The van der Waals surface area contributed by atoms with Gasteiger partial charge in [0, 0.05) is 55.6 Å². The van der Waals surface area contributed by atoms with E-state index in [9.17, 15) is 14.7 Å². The summed E-state index contributed by atoms with van der Waals surface area (Å²) in [5, 5.41) is 15.9. The molecule has 0 unspecified atom stereocenters. The van der Waals surface area contributed by atoms with Gasteiger partial charge < -0.3 is 24.8 Å². The average Bonchev–Trinajstić information content (AvgIpc) is 3.37. The molecule has 1 aliphatic carbocycles. The first-order chi connectivity index (χ1) is 17.2. The summed E-state index contributed by atoms with van der Waals surface area (Å²) in [7, 11) is 3.66. The van der Waals surface area contributed by atoms with E-state index in [1.165, 1.54) is 12.5 Å². The molecule has 8 heteroatoms. The van der Waals surface area contributed by atoms with Crippen LogP contribution in [0.1, 0.15) is 52.0 Å². The van der Waals surface area contributed by atoms with Gasteiger partial charge in [-0.15, -0.1) is 0 Å². The Morgan fingerprint density at radius 1 is 1.25 bits per heavy atom. The fourth-order valence-electron chi connectivity index (χ4n) is 8.20. The zero-order chi connectivity index (χ0) is 25.9. The molecule has 3 heterocycles. The van der Waals surface area contributed by atoms with Crippen LogP contribution in [0, 0.1) is 5.41 Å². The van der Waals surface area contributed by atoms with Crippen molar-refractivity contribution in [2.24, 2.45) is 5.41 Å². The molecule has 5 rings (SSSR count). The number of carbonyl (C=O) groups is 2. The molecule has 0 aromatic heterocycles. The third kappa shape index (κ3) is 3.19. The molecule has 0 radical (unpaired) electrons. The van der Waals surface area contributed by atoms with Crippen LogP contribution in [0.15, 0.2) is 30.4 Å². The Kier molecular flexibility index (Phi) is 6.11. The van der Waals surface area contributed by atoms with Crippen LogP contribution in [0.25, 0.3) is 0 Å². The van der Waals surface area contributed by atoms with Gasteiger partial charge in [0.25, 0.3) is 0 Å². The van der Waals surface area contributed by atoms with E-state index in [1.54, 1.807) is 7.11 Å². The number of hydrogen-bond acceptors (Lipinski definition) is 7. The number of nitrogens with one attached hydrogen (secondary N) is 1. The molecular weight excluding hydrogens is 458 g/mol. The minimum Gasteiger partial charge on any atom is -0.497 e. The summed E-state index contributed by atoms with van der Waals surface area (Å²) < 4.78 is 11.7. The van der Waals surface area contributed by atoms with Crippen LogP contribution in [0.2, 0.25) is 0 Å². The van der Waals surface area contributed by atoms with Crippen molar-refractivity contribution in [2.45, 2.75) is 75.7 Å². The molecule has 2 N–H and O–H groups in total. The largest absolute Gasteiger partial charge is 0.497 e. The Bertz CT molecular complexity index is 1090. The molecular formula is C28H39N3O5. The maximum Gasteiger partial charge on any atom is 0.303 e. The smallest absolute Gasteiger partial charge is 0.303 e. The predicted octanol–water partition coefficient (Wildman–Crippen LogP) is 2.38. The number of amides is 1. The highest BCUT2D eigenvalue weighted by Gasteiger charge is 2.77. The zero-order valence-electron chi connectivity index (χ0n) is 22.0. The van der Waals surface area contributed by atoms with Crippen molar-refractivity contribution in [2.75, 3.05) is 38.7 Å². The van der Waals surface area contributed by atoms with E-state index in [1.807, 2.05) is 26.1 Å². The van der Waals surface area contributed by atoms with Gasteiger partial charge in [-0.05, 0) is 37.4 Å². The van der Waals surface area contributed by atoms with Crippen LogP contribution in [0.3, 0.4) is 0 Å². The maximum absolute atomic E-state index is 12.9. The topological polar surface area (TPSA) is 91.3 Å². The van der Waals surface area contributed by atoms with Gasteiger partial charge in [0.2, 0.25) is 5.91 Å². The molecule has 4 aliphatic rings. The third-order valence-corrected chi connectivity index (χ3v) is 9.26. The van der Waals surface area contributed by atoms with Crippen molar-refractivity contribution in [1.29, 1.82) is 0 Å². The van der Waals surface area contributed by atoms with Gasteiger partial charge >= 0.3 is 5.97 Å². The SMILES string of the molecule is CCCC(=O)NC[C@@]1(O)[C@H](OC(C)=O)[C@]2(CC)C=CCN3CC[C@@]4(c5ccc(OC)cc5N(C)[C@@H]14)[C@@H]32. The fraction of sp³-hybridized carbons (Fsp3) is 0.643. The van der Waals surface area contributed by atoms with E-state index in [0.29, 0.717) is 12.8 Å². The number of anilines is 1. The quantitative estimate of drug-likeness (QED) is 0.442. The van der Waals surface area contributed by atoms with Gasteiger partial charge in [0.05, 0.1) is 19.7 Å². The molecule has 1 saturated carbocycles. The predicted molar refractivity (Wildman–Crippen MR) is 137 cm³/mol. The number of fused-ring (bicyclic) bond motifs is 1. The highest BCUT2D eigenvalue weighted by molar-refractivity contribution is 5.76. The monoisotopic (exact) mass is 497 g/mol. The summed E-state index contributed by atoms with van der Waals surface area (Å²) in [6, 6.07) is 5.82. The molecule has 1 saturated heterocycles. The summed E-state index contributed by atoms with van der Waals surface area (Å²) in [6.07, 6.45) is 6.17. The van der Waals surface area contributed by atoms with Crippen LogP contribution < -0.4 is 15.0 Å². The standard InChI is InChI=1S/C28H39N3O5/c1-6-9-22(33)29-17-28(34)24-27(20-11-10-19(35-5)16-21(20)30(24)4)13-15-31-14-8-12-26(7-2,23(27)31)25(28)36-18(3)32/h8,10-12,16,23-25,34H,6-7,9,13-15,17H2,1-5H3,(H,29,33)/t23-,24+,25+,26+,27+,28-/m0/s1. The number of methoxy groups -OCH3 is 1. The number of aliphatic hydroxyl groups is 1. The van der Waals surface area contributed by atoms with Gasteiger partial charge in [-0.3, -0.25) is 14.5 Å². The molecule has 8 nitrogen and oxygen atoms in total. The number of hydrogen-bond donors (Lipinski definition) is 2. The van der Waals surface area contributed by atoms with E-state index in [2.05, 4.69) is 40.3 Å². The van der Waals surface area contributed by atoms with Gasteiger partial charge in [0.1, 0.15) is 17.5 Å². The molecule has 1 amide bonds. The van der Waals surface area contributed by atoms with Crippen molar-refractivity contribution < 1.29 is 24.2 Å². The molecule has 36 heavy (non-hydrogen) atoms. The van der Waals surface area contributed by atoms with E-state index in [0.717, 1.165) is 37.4 Å². The fourth-order valence-corrected chi connectivity index (χ4v) is 8.20. The van der Waals surface area contributed by atoms with E-state index in [-0.39, 0.29) is 18.5 Å². The first kappa shape index (κ1) is 25.1. The molecule has 1 aromatic carbocycles. The zero-order valence-corrected chi connectivity index (χ0v) is 22.0. The lowest BCUT2D eigenvalue weighted by Gasteiger charge is -2.64. The Labute approximate surface area is 213 Å². The molecule has 1 aromatic rings. The van der Waals surface area contributed by atoms with Gasteiger partial charge in [-0.2, -0.15) is 0 Å². The average molecular weight is 498 g/mol. The van der Waals surface area contributed by atoms with Gasteiger partial charge in [-0.25, -0.2) is 0 Å². The second-order valence-electron chi connectivity index (χ2n) is 11.0. The summed E-state index contributed by atoms with van der Waals surface area (Å²) in [5.74, 6) is 0.218. The lowest BCUT2D eigenvalue weighted by Crippen LogP contribution is -2.81. The van der Waals surface area contributed by atoms with Crippen molar-refractivity contribution in [3.63, 3.8) is 0 Å². The van der Waals surface area contributed by atoms with E-state index >= 15 is 0 Å². The van der Waals surface area contributed by atoms with Crippen molar-refractivity contribution in [3.8, 4) is 5.75 Å². The second kappa shape index (κ2) is 8.77. The number of esters is 1. The Hall–Kier alpha value is -2.58. The highest BCUT2D eigenvalue weighted by atomic mass is 16.6. The van der Waals surface area contributed by atoms with Crippen LogP contribution in [-0.4, -0.2) is 79.5 Å². The van der Waals surface area contributed by atoms with Gasteiger partial charge in [0.15, 0.2) is 0 Å². The first-order valence-corrected chi connectivity index (χ1v) is 13.2.